The van der Waals surface area contributed by atoms with Gasteiger partial charge in [0, 0.05) is 12.2 Å². The van der Waals surface area contributed by atoms with Gasteiger partial charge in [0.1, 0.15) is 22.8 Å². The number of anilines is 2. The molecule has 0 aliphatic carbocycles. The van der Waals surface area contributed by atoms with Crippen molar-refractivity contribution in [1.82, 2.24) is 20.3 Å². The maximum Gasteiger partial charge on any atom is 0.256 e. The van der Waals surface area contributed by atoms with Gasteiger partial charge in [-0.3, -0.25) is 4.79 Å². The Bertz CT molecular complexity index is 759. The molecule has 3 N–H and O–H groups in total. The third-order valence-electron chi connectivity index (χ3n) is 3.24. The molecule has 0 unspecified atom stereocenters. The minimum Gasteiger partial charge on any atom is -0.384 e. The van der Waals surface area contributed by atoms with Gasteiger partial charge in [0.2, 0.25) is 0 Å². The minimum atomic E-state index is -1.06. The monoisotopic (exact) mass is 361 g/mol. The largest absolute Gasteiger partial charge is 0.384 e. The number of nitrogens with zero attached hydrogens (tertiary/aromatic N) is 3. The molecule has 134 valence electrons. The van der Waals surface area contributed by atoms with Crippen LogP contribution in [0.3, 0.4) is 0 Å². The number of rotatable bonds is 6. The van der Waals surface area contributed by atoms with E-state index in [1.54, 1.807) is 32.0 Å². The van der Waals surface area contributed by atoms with Crippen LogP contribution in [0, 0.1) is 0 Å². The van der Waals surface area contributed by atoms with E-state index in [1.165, 1.54) is 18.0 Å². The van der Waals surface area contributed by atoms with Crippen molar-refractivity contribution in [2.75, 3.05) is 11.6 Å². The Labute approximate surface area is 151 Å². The zero-order valence-electron chi connectivity index (χ0n) is 15.0. The number of hydrogen-bond donors (Lipinski definition) is 3. The molecule has 25 heavy (non-hydrogen) atoms. The quantitative estimate of drug-likeness (QED) is 0.537. The van der Waals surface area contributed by atoms with Crippen LogP contribution in [0.15, 0.2) is 29.6 Å². The van der Waals surface area contributed by atoms with Crippen molar-refractivity contribution in [3.8, 4) is 0 Å². The smallest absolute Gasteiger partial charge is 0.256 e. The molecule has 0 atom stereocenters. The summed E-state index contributed by atoms with van der Waals surface area (Å²) in [7, 11) is 0. The molecule has 0 radical (unpaired) electrons. The van der Waals surface area contributed by atoms with Crippen LogP contribution >= 0.6 is 11.8 Å². The molecule has 0 aliphatic rings. The van der Waals surface area contributed by atoms with Gasteiger partial charge in [0.25, 0.3) is 5.91 Å². The SMILES string of the molecule is CSc1ncc(C(=O)NC(C)C)c(Nc2cccc(C(C)(C)O)n2)n1. The summed E-state index contributed by atoms with van der Waals surface area (Å²) in [6.45, 7) is 7.10. The Hall–Kier alpha value is -2.19. The molecule has 0 fully saturated rings. The molecule has 2 rings (SSSR count). The number of nitrogens with one attached hydrogen (secondary N) is 2. The lowest BCUT2D eigenvalue weighted by Crippen LogP contribution is -2.31. The standard InChI is InChI=1S/C17H23N5O2S/c1-10(2)19-15(23)11-9-18-16(25-5)22-14(11)21-13-8-6-7-12(20-13)17(3,4)24/h6-10,24H,1-5H3,(H,19,23)(H,18,20,21,22). The molecular weight excluding hydrogens is 338 g/mol. The molecule has 7 nitrogen and oxygen atoms in total. The Morgan fingerprint density at radius 2 is 2.00 bits per heavy atom. The third-order valence-corrected chi connectivity index (χ3v) is 3.80. The van der Waals surface area contributed by atoms with Crippen molar-refractivity contribution < 1.29 is 9.90 Å². The third kappa shape index (κ3) is 5.14. The van der Waals surface area contributed by atoms with E-state index in [0.29, 0.717) is 28.0 Å². The highest BCUT2D eigenvalue weighted by molar-refractivity contribution is 7.98. The Kier molecular flexibility index (Phi) is 5.97. The van der Waals surface area contributed by atoms with Crippen molar-refractivity contribution in [3.05, 3.63) is 35.7 Å². The van der Waals surface area contributed by atoms with Gasteiger partial charge in [0.05, 0.1) is 5.69 Å². The molecule has 0 spiro atoms. The van der Waals surface area contributed by atoms with Crippen molar-refractivity contribution in [3.63, 3.8) is 0 Å². The summed E-state index contributed by atoms with van der Waals surface area (Å²) in [4.78, 5) is 25.3. The van der Waals surface area contributed by atoms with Gasteiger partial charge in [-0.25, -0.2) is 15.0 Å². The summed E-state index contributed by atoms with van der Waals surface area (Å²) in [5.74, 6) is 0.602. The lowest BCUT2D eigenvalue weighted by Gasteiger charge is -2.18. The summed E-state index contributed by atoms with van der Waals surface area (Å²) in [6, 6.07) is 5.27. The molecular formula is C17H23N5O2S. The average Bonchev–Trinajstić information content (AvgIpc) is 2.53. The highest BCUT2D eigenvalue weighted by Crippen LogP contribution is 2.23. The van der Waals surface area contributed by atoms with Crippen LogP contribution in [-0.4, -0.2) is 38.3 Å². The van der Waals surface area contributed by atoms with Crippen LogP contribution in [0.5, 0.6) is 0 Å². The van der Waals surface area contributed by atoms with Crippen LogP contribution in [0.2, 0.25) is 0 Å². The fourth-order valence-electron chi connectivity index (χ4n) is 2.03. The first kappa shape index (κ1) is 19.1. The molecule has 0 aliphatic heterocycles. The van der Waals surface area contributed by atoms with Gasteiger partial charge in [0.15, 0.2) is 5.16 Å². The van der Waals surface area contributed by atoms with E-state index < -0.39 is 5.60 Å². The van der Waals surface area contributed by atoms with E-state index in [1.807, 2.05) is 20.1 Å². The molecule has 2 aromatic heterocycles. The van der Waals surface area contributed by atoms with Crippen molar-refractivity contribution >= 4 is 29.3 Å². The van der Waals surface area contributed by atoms with Crippen LogP contribution in [0.1, 0.15) is 43.7 Å². The lowest BCUT2D eigenvalue weighted by atomic mass is 10.1. The molecule has 0 saturated heterocycles. The first-order valence-corrected chi connectivity index (χ1v) is 9.12. The highest BCUT2D eigenvalue weighted by atomic mass is 32.2. The van der Waals surface area contributed by atoms with E-state index in [-0.39, 0.29) is 11.9 Å². The van der Waals surface area contributed by atoms with Gasteiger partial charge in [-0.1, -0.05) is 17.8 Å². The van der Waals surface area contributed by atoms with Crippen LogP contribution in [-0.2, 0) is 5.60 Å². The molecule has 2 aromatic rings. The van der Waals surface area contributed by atoms with Gasteiger partial charge >= 0.3 is 0 Å². The summed E-state index contributed by atoms with van der Waals surface area (Å²) < 4.78 is 0. The Balaban J connectivity index is 2.39. The van der Waals surface area contributed by atoms with Gasteiger partial charge in [-0.05, 0) is 46.1 Å². The molecule has 1 amide bonds. The van der Waals surface area contributed by atoms with Crippen molar-refractivity contribution in [2.45, 2.75) is 44.5 Å². The van der Waals surface area contributed by atoms with Crippen LogP contribution in [0.4, 0.5) is 11.6 Å². The lowest BCUT2D eigenvalue weighted by molar-refractivity contribution is 0.0740. The average molecular weight is 361 g/mol. The molecule has 8 heteroatoms. The zero-order valence-corrected chi connectivity index (χ0v) is 15.8. The first-order valence-electron chi connectivity index (χ1n) is 7.89. The molecule has 0 saturated carbocycles. The maximum atomic E-state index is 12.4. The fourth-order valence-corrected chi connectivity index (χ4v) is 2.37. The van der Waals surface area contributed by atoms with Crippen LogP contribution < -0.4 is 10.6 Å². The van der Waals surface area contributed by atoms with E-state index >= 15 is 0 Å². The number of aromatic nitrogens is 3. The number of aliphatic hydroxyl groups is 1. The number of amides is 1. The summed E-state index contributed by atoms with van der Waals surface area (Å²) >= 11 is 1.38. The summed E-state index contributed by atoms with van der Waals surface area (Å²) in [5.41, 5.74) is -0.210. The van der Waals surface area contributed by atoms with E-state index in [0.717, 1.165) is 0 Å². The van der Waals surface area contributed by atoms with Crippen molar-refractivity contribution in [2.24, 2.45) is 0 Å². The molecule has 0 aromatic carbocycles. The van der Waals surface area contributed by atoms with Gasteiger partial charge in [-0.15, -0.1) is 0 Å². The Morgan fingerprint density at radius 3 is 2.60 bits per heavy atom. The normalized spacial score (nSPS) is 11.5. The Morgan fingerprint density at radius 1 is 1.28 bits per heavy atom. The summed E-state index contributed by atoms with van der Waals surface area (Å²) in [5, 5.41) is 16.6. The highest BCUT2D eigenvalue weighted by Gasteiger charge is 2.19. The first-order chi connectivity index (χ1) is 11.7. The minimum absolute atomic E-state index is 0.00258. The van der Waals surface area contributed by atoms with Crippen LogP contribution in [0.25, 0.3) is 0 Å². The predicted octanol–water partition coefficient (Wildman–Crippen LogP) is 2.70. The number of pyridine rings is 1. The number of carbonyl (C=O) groups is 1. The van der Waals surface area contributed by atoms with Gasteiger partial charge < -0.3 is 15.7 Å². The van der Waals surface area contributed by atoms with Gasteiger partial charge in [-0.2, -0.15) is 0 Å². The number of thioether (sulfide) groups is 1. The van der Waals surface area contributed by atoms with Crippen molar-refractivity contribution in [1.29, 1.82) is 0 Å². The molecule has 0 bridgehead atoms. The predicted molar refractivity (Wildman–Crippen MR) is 99.2 cm³/mol. The zero-order chi connectivity index (χ0) is 18.6. The topological polar surface area (TPSA) is 100 Å². The van der Waals surface area contributed by atoms with E-state index in [4.69, 9.17) is 0 Å². The van der Waals surface area contributed by atoms with E-state index in [2.05, 4.69) is 25.6 Å². The second-order valence-electron chi connectivity index (χ2n) is 6.34. The summed E-state index contributed by atoms with van der Waals surface area (Å²) in [6.07, 6.45) is 3.36. The number of hydrogen-bond acceptors (Lipinski definition) is 7. The number of carbonyl (C=O) groups excluding carboxylic acids is 1. The van der Waals surface area contributed by atoms with E-state index in [9.17, 15) is 9.90 Å². The second kappa shape index (κ2) is 7.79. The molecule has 2 heterocycles. The fraction of sp³-hybridized carbons (Fsp3) is 0.412. The maximum absolute atomic E-state index is 12.4. The second-order valence-corrected chi connectivity index (χ2v) is 7.11.